The number of carbonyl (C=O) groups excluding carboxylic acids is 1. The molecule has 2 aromatic carbocycles. The maximum atomic E-state index is 12.7. The summed E-state index contributed by atoms with van der Waals surface area (Å²) in [4.78, 5) is 12.7. The number of carbonyl (C=O) groups is 1. The molecule has 2 N–H and O–H groups in total. The van der Waals surface area contributed by atoms with Gasteiger partial charge in [0.25, 0.3) is 5.91 Å². The number of methoxy groups -OCH3 is 2. The van der Waals surface area contributed by atoms with E-state index in [1.165, 1.54) is 14.2 Å². The van der Waals surface area contributed by atoms with Crippen LogP contribution in [0.5, 0.6) is 11.5 Å². The van der Waals surface area contributed by atoms with Gasteiger partial charge in [-0.1, -0.05) is 12.1 Å². The number of rotatable bonds is 4. The second kappa shape index (κ2) is 7.63. The molecule has 3 aromatic rings. The number of ether oxygens (including phenoxy) is 2. The fraction of sp³-hybridized carbons (Fsp3) is 0.176. The number of nitrogens with one attached hydrogen (secondary N) is 2. The summed E-state index contributed by atoms with van der Waals surface area (Å²) in [6.45, 7) is 1.93. The van der Waals surface area contributed by atoms with Crippen LogP contribution >= 0.6 is 23.9 Å². The number of thiocarbonyl (C=S) groups is 1. The molecule has 0 aliphatic heterocycles. The third kappa shape index (κ3) is 3.44. The molecular weight excluding hydrogens is 372 g/mol. The number of benzene rings is 2. The number of aromatic nitrogens is 2. The van der Waals surface area contributed by atoms with Crippen LogP contribution in [0.25, 0.3) is 11.0 Å². The van der Waals surface area contributed by atoms with Gasteiger partial charge in [0, 0.05) is 0 Å². The van der Waals surface area contributed by atoms with Gasteiger partial charge >= 0.3 is 0 Å². The van der Waals surface area contributed by atoms with E-state index in [9.17, 15) is 4.79 Å². The third-order valence-electron chi connectivity index (χ3n) is 3.76. The van der Waals surface area contributed by atoms with Crippen LogP contribution in [0, 0.1) is 6.92 Å². The highest BCUT2D eigenvalue weighted by molar-refractivity contribution is 7.80. The fourth-order valence-corrected chi connectivity index (χ4v) is 3.23. The van der Waals surface area contributed by atoms with Crippen LogP contribution in [0.3, 0.4) is 0 Å². The predicted octanol–water partition coefficient (Wildman–Crippen LogP) is 3.14. The standard InChI is InChI=1S/C17H16N4O3S2/c1-9-7-8-10-15(21-26-20-10)14(9)18-17(25)19-16(22)13-11(23-2)5-4-6-12(13)24-3/h4-8H,1-3H3,(H2,18,19,22,25). The van der Waals surface area contributed by atoms with Crippen LogP contribution in [0.4, 0.5) is 5.69 Å². The van der Waals surface area contributed by atoms with E-state index in [1.807, 2.05) is 19.1 Å². The van der Waals surface area contributed by atoms with Crippen molar-refractivity contribution >= 4 is 51.7 Å². The predicted molar refractivity (Wildman–Crippen MR) is 105 cm³/mol. The molecule has 7 nitrogen and oxygen atoms in total. The number of amides is 1. The van der Waals surface area contributed by atoms with Gasteiger partial charge in [0.1, 0.15) is 28.1 Å². The molecule has 0 aliphatic rings. The van der Waals surface area contributed by atoms with Crippen molar-refractivity contribution < 1.29 is 14.3 Å². The molecule has 0 spiro atoms. The highest BCUT2D eigenvalue weighted by Gasteiger charge is 2.20. The van der Waals surface area contributed by atoms with Crippen molar-refractivity contribution in [2.24, 2.45) is 0 Å². The zero-order valence-electron chi connectivity index (χ0n) is 14.3. The normalized spacial score (nSPS) is 10.4. The van der Waals surface area contributed by atoms with Gasteiger partial charge in [0.15, 0.2) is 5.11 Å². The van der Waals surface area contributed by atoms with E-state index in [2.05, 4.69) is 19.4 Å². The summed E-state index contributed by atoms with van der Waals surface area (Å²) in [5.74, 6) is 0.358. The van der Waals surface area contributed by atoms with Gasteiger partial charge in [-0.25, -0.2) is 0 Å². The minimum absolute atomic E-state index is 0.145. The maximum Gasteiger partial charge on any atom is 0.264 e. The van der Waals surface area contributed by atoms with Crippen molar-refractivity contribution in [3.05, 3.63) is 41.5 Å². The molecular formula is C17H16N4O3S2. The fourth-order valence-electron chi connectivity index (χ4n) is 2.50. The van der Waals surface area contributed by atoms with Crippen molar-refractivity contribution in [3.8, 4) is 11.5 Å². The summed E-state index contributed by atoms with van der Waals surface area (Å²) in [6.07, 6.45) is 0. The van der Waals surface area contributed by atoms with Crippen LogP contribution < -0.4 is 20.1 Å². The lowest BCUT2D eigenvalue weighted by Gasteiger charge is -2.15. The topological polar surface area (TPSA) is 85.4 Å². The van der Waals surface area contributed by atoms with E-state index in [1.54, 1.807) is 18.2 Å². The van der Waals surface area contributed by atoms with Gasteiger partial charge < -0.3 is 14.8 Å². The number of anilines is 1. The summed E-state index contributed by atoms with van der Waals surface area (Å²) in [5, 5.41) is 5.84. The van der Waals surface area contributed by atoms with E-state index in [0.29, 0.717) is 22.7 Å². The largest absolute Gasteiger partial charge is 0.496 e. The van der Waals surface area contributed by atoms with Crippen molar-refractivity contribution in [2.75, 3.05) is 19.5 Å². The van der Waals surface area contributed by atoms with Crippen molar-refractivity contribution in [2.45, 2.75) is 6.92 Å². The van der Waals surface area contributed by atoms with Crippen molar-refractivity contribution in [1.82, 2.24) is 14.1 Å². The Morgan fingerprint density at radius 3 is 2.46 bits per heavy atom. The Morgan fingerprint density at radius 2 is 1.81 bits per heavy atom. The average Bonchev–Trinajstić information content (AvgIpc) is 3.12. The number of hydrogen-bond donors (Lipinski definition) is 2. The second-order valence-electron chi connectivity index (χ2n) is 5.34. The molecule has 0 saturated carbocycles. The Morgan fingerprint density at radius 1 is 1.12 bits per heavy atom. The summed E-state index contributed by atoms with van der Waals surface area (Å²) in [5.41, 5.74) is 3.40. The SMILES string of the molecule is COc1cccc(OC)c1C(=O)NC(=S)Nc1c(C)ccc2nsnc12. The lowest BCUT2D eigenvalue weighted by Crippen LogP contribution is -2.34. The van der Waals surface area contributed by atoms with Crippen molar-refractivity contribution in [3.63, 3.8) is 0 Å². The zero-order valence-corrected chi connectivity index (χ0v) is 16.0. The smallest absolute Gasteiger partial charge is 0.264 e. The lowest BCUT2D eigenvalue weighted by atomic mass is 10.1. The average molecular weight is 388 g/mol. The molecule has 9 heteroatoms. The first-order chi connectivity index (χ1) is 12.5. The molecule has 0 radical (unpaired) electrons. The van der Waals surface area contributed by atoms with E-state index in [0.717, 1.165) is 22.8 Å². The Balaban J connectivity index is 1.83. The maximum absolute atomic E-state index is 12.7. The zero-order chi connectivity index (χ0) is 18.7. The molecule has 0 fully saturated rings. The van der Waals surface area contributed by atoms with E-state index < -0.39 is 5.91 Å². The summed E-state index contributed by atoms with van der Waals surface area (Å²) < 4.78 is 19.0. The third-order valence-corrected chi connectivity index (χ3v) is 4.50. The van der Waals surface area contributed by atoms with Crippen LogP contribution in [0.1, 0.15) is 15.9 Å². The Hall–Kier alpha value is -2.78. The van der Waals surface area contributed by atoms with Crippen LogP contribution in [-0.4, -0.2) is 34.0 Å². The molecule has 1 amide bonds. The molecule has 26 heavy (non-hydrogen) atoms. The Bertz CT molecular complexity index is 965. The molecule has 3 rings (SSSR count). The molecule has 0 unspecified atom stereocenters. The Kier molecular flexibility index (Phi) is 5.29. The molecule has 1 aromatic heterocycles. The van der Waals surface area contributed by atoms with Crippen molar-refractivity contribution in [1.29, 1.82) is 0 Å². The second-order valence-corrected chi connectivity index (χ2v) is 6.27. The van der Waals surface area contributed by atoms with Crippen LogP contribution in [0.2, 0.25) is 0 Å². The first-order valence-corrected chi connectivity index (χ1v) is 8.74. The van der Waals surface area contributed by atoms with Gasteiger partial charge in [-0.15, -0.1) is 0 Å². The van der Waals surface area contributed by atoms with Gasteiger partial charge in [-0.3, -0.25) is 10.1 Å². The van der Waals surface area contributed by atoms with Crippen LogP contribution in [-0.2, 0) is 0 Å². The Labute approximate surface area is 159 Å². The quantitative estimate of drug-likeness (QED) is 0.664. The van der Waals surface area contributed by atoms with Gasteiger partial charge in [-0.2, -0.15) is 8.75 Å². The number of hydrogen-bond acceptors (Lipinski definition) is 7. The molecule has 1 heterocycles. The van der Waals surface area contributed by atoms with Gasteiger partial charge in [-0.05, 0) is 42.9 Å². The lowest BCUT2D eigenvalue weighted by molar-refractivity contribution is 0.0971. The first kappa shape index (κ1) is 18.0. The first-order valence-electron chi connectivity index (χ1n) is 7.60. The van der Waals surface area contributed by atoms with E-state index >= 15 is 0 Å². The van der Waals surface area contributed by atoms with Crippen LogP contribution in [0.15, 0.2) is 30.3 Å². The monoisotopic (exact) mass is 388 g/mol. The van der Waals surface area contributed by atoms with Gasteiger partial charge in [0.05, 0.1) is 31.6 Å². The minimum atomic E-state index is -0.432. The molecule has 0 atom stereocenters. The molecule has 134 valence electrons. The number of fused-ring (bicyclic) bond motifs is 1. The highest BCUT2D eigenvalue weighted by atomic mass is 32.1. The summed E-state index contributed by atoms with van der Waals surface area (Å²) >= 11 is 6.42. The number of aryl methyl sites for hydroxylation is 1. The molecule has 0 aliphatic carbocycles. The summed E-state index contributed by atoms with van der Waals surface area (Å²) in [7, 11) is 2.98. The molecule has 0 bridgehead atoms. The van der Waals surface area contributed by atoms with E-state index in [4.69, 9.17) is 21.7 Å². The minimum Gasteiger partial charge on any atom is -0.496 e. The van der Waals surface area contributed by atoms with E-state index in [-0.39, 0.29) is 10.7 Å². The summed E-state index contributed by atoms with van der Waals surface area (Å²) in [6, 6.07) is 8.91. The van der Waals surface area contributed by atoms with Gasteiger partial charge in [0.2, 0.25) is 0 Å². The number of nitrogens with zero attached hydrogens (tertiary/aromatic N) is 2. The molecule has 0 saturated heterocycles. The highest BCUT2D eigenvalue weighted by Crippen LogP contribution is 2.28.